The van der Waals surface area contributed by atoms with Crippen molar-refractivity contribution in [2.24, 2.45) is 0 Å². The summed E-state index contributed by atoms with van der Waals surface area (Å²) in [4.78, 5) is 21.9. The van der Waals surface area contributed by atoms with Crippen LogP contribution >= 0.6 is 11.3 Å². The van der Waals surface area contributed by atoms with Gasteiger partial charge in [0.1, 0.15) is 11.6 Å². The van der Waals surface area contributed by atoms with E-state index in [1.807, 2.05) is 17.5 Å². The van der Waals surface area contributed by atoms with Crippen molar-refractivity contribution in [2.45, 2.75) is 0 Å². The van der Waals surface area contributed by atoms with E-state index in [-0.39, 0.29) is 17.3 Å². The molecule has 5 aromatic rings. The van der Waals surface area contributed by atoms with E-state index in [0.717, 1.165) is 4.88 Å². The third-order valence-corrected chi connectivity index (χ3v) is 5.48. The molecule has 0 aliphatic carbocycles. The molecule has 1 N–H and O–H groups in total. The predicted octanol–water partition coefficient (Wildman–Crippen LogP) is 4.71. The zero-order valence-corrected chi connectivity index (χ0v) is 17.1. The Morgan fingerprint density at radius 2 is 1.91 bits per heavy atom. The van der Waals surface area contributed by atoms with Gasteiger partial charge in [0, 0.05) is 18.1 Å². The first-order chi connectivity index (χ1) is 15.6. The van der Waals surface area contributed by atoms with Crippen molar-refractivity contribution < 1.29 is 13.6 Å². The molecule has 1 amide bonds. The van der Waals surface area contributed by atoms with Crippen LogP contribution in [-0.4, -0.2) is 30.2 Å². The van der Waals surface area contributed by atoms with E-state index < -0.39 is 11.7 Å². The number of carbonyl (C=O) groups is 1. The molecule has 2 aromatic carbocycles. The molecule has 7 nitrogen and oxygen atoms in total. The van der Waals surface area contributed by atoms with Gasteiger partial charge in [-0.1, -0.05) is 6.07 Å². The molecule has 0 saturated carbocycles. The van der Waals surface area contributed by atoms with Crippen LogP contribution in [0.25, 0.3) is 22.1 Å². The van der Waals surface area contributed by atoms with Crippen LogP contribution < -0.4 is 5.32 Å². The maximum Gasteiger partial charge on any atom is 0.295 e. The zero-order chi connectivity index (χ0) is 22.1. The first-order valence-electron chi connectivity index (χ1n) is 9.44. The summed E-state index contributed by atoms with van der Waals surface area (Å²) in [5.41, 5.74) is 1.11. The van der Waals surface area contributed by atoms with E-state index in [4.69, 9.17) is 0 Å². The highest BCUT2D eigenvalue weighted by Gasteiger charge is 2.20. The minimum absolute atomic E-state index is 0.100. The number of hydrogen-bond donors (Lipinski definition) is 1. The van der Waals surface area contributed by atoms with E-state index in [9.17, 15) is 13.6 Å². The molecule has 3 aromatic heterocycles. The van der Waals surface area contributed by atoms with Crippen LogP contribution in [0.5, 0.6) is 0 Å². The molecular weight excluding hydrogens is 434 g/mol. The van der Waals surface area contributed by atoms with Gasteiger partial charge in [0.05, 0.1) is 22.6 Å². The summed E-state index contributed by atoms with van der Waals surface area (Å²) in [6.07, 6.45) is 4.65. The van der Waals surface area contributed by atoms with Crippen LogP contribution in [0, 0.1) is 11.6 Å². The molecule has 0 saturated heterocycles. The molecule has 0 aliphatic heterocycles. The van der Waals surface area contributed by atoms with Gasteiger partial charge in [-0.3, -0.25) is 4.79 Å². The fourth-order valence-corrected chi connectivity index (χ4v) is 3.82. The molecule has 0 aliphatic rings. The number of hydrogen-bond acceptors (Lipinski definition) is 5. The molecule has 0 atom stereocenters. The van der Waals surface area contributed by atoms with E-state index in [1.54, 1.807) is 30.6 Å². The second kappa shape index (κ2) is 8.16. The Labute approximate surface area is 184 Å². The summed E-state index contributed by atoms with van der Waals surface area (Å²) >= 11 is 1.43. The minimum Gasteiger partial charge on any atom is -0.319 e. The summed E-state index contributed by atoms with van der Waals surface area (Å²) in [6.45, 7) is 0. The van der Waals surface area contributed by atoms with Crippen LogP contribution in [0.1, 0.15) is 10.6 Å². The molecular formula is C22H14F2N6OS. The Bertz CT molecular complexity index is 1380. The lowest BCUT2D eigenvalue weighted by Gasteiger charge is -2.07. The first kappa shape index (κ1) is 19.8. The highest BCUT2D eigenvalue weighted by atomic mass is 32.1. The predicted molar refractivity (Wildman–Crippen MR) is 116 cm³/mol. The summed E-state index contributed by atoms with van der Waals surface area (Å²) in [5, 5.41) is 8.81. The lowest BCUT2D eigenvalue weighted by molar-refractivity contribution is 0.101. The van der Waals surface area contributed by atoms with E-state index in [0.29, 0.717) is 17.2 Å². The summed E-state index contributed by atoms with van der Waals surface area (Å²) in [7, 11) is 0. The van der Waals surface area contributed by atoms with Gasteiger partial charge in [0.25, 0.3) is 5.91 Å². The number of carbonyl (C=O) groups excluding carboxylic acids is 1. The number of amides is 1. The molecule has 0 radical (unpaired) electrons. The van der Waals surface area contributed by atoms with Crippen LogP contribution in [0.4, 0.5) is 14.5 Å². The standard InChI is InChI=1S/C22H14F2N6OS/c23-14-3-6-16(7-4-14)30-21(19-2-1-11-32-19)27-20(28-30)22(31)26-15-5-8-18(17(24)12-15)29-10-9-25-13-29/h1-13H,(H,26,31). The van der Waals surface area contributed by atoms with Gasteiger partial charge in [-0.2, -0.15) is 0 Å². The Balaban J connectivity index is 1.46. The Morgan fingerprint density at radius 1 is 1.06 bits per heavy atom. The normalized spacial score (nSPS) is 10.9. The number of nitrogens with zero attached hydrogens (tertiary/aromatic N) is 5. The first-order valence-corrected chi connectivity index (χ1v) is 10.3. The molecule has 0 fully saturated rings. The van der Waals surface area contributed by atoms with Crippen molar-refractivity contribution in [1.82, 2.24) is 24.3 Å². The fraction of sp³-hybridized carbons (Fsp3) is 0. The zero-order valence-electron chi connectivity index (χ0n) is 16.3. The van der Waals surface area contributed by atoms with Crippen molar-refractivity contribution in [3.8, 4) is 22.1 Å². The van der Waals surface area contributed by atoms with Crippen LogP contribution in [0.15, 0.2) is 78.7 Å². The summed E-state index contributed by atoms with van der Waals surface area (Å²) < 4.78 is 30.9. The van der Waals surface area contributed by atoms with Gasteiger partial charge >= 0.3 is 0 Å². The van der Waals surface area contributed by atoms with Crippen LogP contribution in [0.2, 0.25) is 0 Å². The Hall–Kier alpha value is -4.18. The third-order valence-electron chi connectivity index (χ3n) is 4.61. The second-order valence-corrected chi connectivity index (χ2v) is 7.66. The number of halogens is 2. The van der Waals surface area contributed by atoms with Crippen molar-refractivity contribution in [3.63, 3.8) is 0 Å². The second-order valence-electron chi connectivity index (χ2n) is 6.71. The topological polar surface area (TPSA) is 77.6 Å². The summed E-state index contributed by atoms with van der Waals surface area (Å²) in [5.74, 6) is -1.16. The average molecular weight is 448 g/mol. The number of imidazole rings is 1. The van der Waals surface area contributed by atoms with Crippen molar-refractivity contribution in [1.29, 1.82) is 0 Å². The van der Waals surface area contributed by atoms with Gasteiger partial charge < -0.3 is 9.88 Å². The van der Waals surface area contributed by atoms with Crippen molar-refractivity contribution >= 4 is 22.9 Å². The maximum atomic E-state index is 14.5. The lowest BCUT2D eigenvalue weighted by Crippen LogP contribution is -2.14. The molecule has 158 valence electrons. The number of thiophene rings is 1. The highest BCUT2D eigenvalue weighted by molar-refractivity contribution is 7.13. The van der Waals surface area contributed by atoms with E-state index in [2.05, 4.69) is 20.4 Å². The van der Waals surface area contributed by atoms with Gasteiger partial charge in [-0.25, -0.2) is 23.4 Å². The molecule has 0 unspecified atom stereocenters. The largest absolute Gasteiger partial charge is 0.319 e. The Morgan fingerprint density at radius 3 is 2.59 bits per heavy atom. The molecule has 3 heterocycles. The maximum absolute atomic E-state index is 14.5. The SMILES string of the molecule is O=C(Nc1ccc(-n2ccnc2)c(F)c1)c1nc(-c2cccs2)n(-c2ccc(F)cc2)n1. The lowest BCUT2D eigenvalue weighted by atomic mass is 10.2. The number of anilines is 1. The van der Waals surface area contributed by atoms with E-state index >= 15 is 0 Å². The summed E-state index contributed by atoms with van der Waals surface area (Å²) in [6, 6.07) is 13.7. The molecule has 32 heavy (non-hydrogen) atoms. The van der Waals surface area contributed by atoms with Crippen molar-refractivity contribution in [2.75, 3.05) is 5.32 Å². The molecule has 10 heteroatoms. The minimum atomic E-state index is -0.599. The number of rotatable bonds is 5. The smallest absolute Gasteiger partial charge is 0.295 e. The highest BCUT2D eigenvalue weighted by Crippen LogP contribution is 2.26. The van der Waals surface area contributed by atoms with Gasteiger partial charge in [-0.05, 0) is 53.9 Å². The quantitative estimate of drug-likeness (QED) is 0.422. The molecule has 5 rings (SSSR count). The van der Waals surface area contributed by atoms with Crippen LogP contribution in [-0.2, 0) is 0 Å². The number of nitrogens with one attached hydrogen (secondary N) is 1. The average Bonchev–Trinajstić information content (AvgIpc) is 3.55. The monoisotopic (exact) mass is 448 g/mol. The van der Waals surface area contributed by atoms with E-state index in [1.165, 1.54) is 51.2 Å². The van der Waals surface area contributed by atoms with Gasteiger partial charge in [0.15, 0.2) is 5.82 Å². The van der Waals surface area contributed by atoms with Gasteiger partial charge in [0.2, 0.25) is 5.82 Å². The van der Waals surface area contributed by atoms with Crippen LogP contribution in [0.3, 0.4) is 0 Å². The molecule has 0 spiro atoms. The number of aromatic nitrogens is 5. The van der Waals surface area contributed by atoms with Crippen molar-refractivity contribution in [3.05, 3.63) is 96.2 Å². The van der Waals surface area contributed by atoms with Gasteiger partial charge in [-0.15, -0.1) is 16.4 Å². The fourth-order valence-electron chi connectivity index (χ4n) is 3.12. The number of benzene rings is 2. The third kappa shape index (κ3) is 3.79. The Kier molecular flexibility index (Phi) is 5.04. The molecule has 0 bridgehead atoms.